The summed E-state index contributed by atoms with van der Waals surface area (Å²) in [4.78, 5) is 16.4. The van der Waals surface area contributed by atoms with Crippen LogP contribution >= 0.6 is 0 Å². The number of carbonyl (C=O) groups excluding carboxylic acids is 1. The zero-order valence-electron chi connectivity index (χ0n) is 13.1. The van der Waals surface area contributed by atoms with Crippen molar-refractivity contribution in [1.82, 2.24) is 4.98 Å². The van der Waals surface area contributed by atoms with E-state index in [-0.39, 0.29) is 29.4 Å². The number of anilines is 2. The van der Waals surface area contributed by atoms with Crippen LogP contribution in [0.15, 0.2) is 18.3 Å². The smallest absolute Gasteiger partial charge is 0.227 e. The maximum absolute atomic E-state index is 12.2. The maximum Gasteiger partial charge on any atom is 0.227 e. The Bertz CT molecular complexity index is 652. The SMILES string of the molecule is O=C(Nc1ccc(NC2CCS(=O)(=O)C2)nc1)C1CCCCC1. The van der Waals surface area contributed by atoms with Crippen LogP contribution in [0.5, 0.6) is 0 Å². The van der Waals surface area contributed by atoms with Gasteiger partial charge in [0, 0.05) is 12.0 Å². The van der Waals surface area contributed by atoms with Gasteiger partial charge in [-0.1, -0.05) is 19.3 Å². The predicted molar refractivity (Wildman–Crippen MR) is 90.1 cm³/mol. The van der Waals surface area contributed by atoms with Crippen LogP contribution in [-0.2, 0) is 14.6 Å². The van der Waals surface area contributed by atoms with E-state index in [1.54, 1.807) is 18.3 Å². The van der Waals surface area contributed by atoms with Crippen LogP contribution in [0.2, 0.25) is 0 Å². The van der Waals surface area contributed by atoms with Gasteiger partial charge in [0.15, 0.2) is 9.84 Å². The van der Waals surface area contributed by atoms with E-state index in [1.165, 1.54) is 6.42 Å². The van der Waals surface area contributed by atoms with E-state index in [0.29, 0.717) is 17.9 Å². The molecule has 1 aliphatic carbocycles. The summed E-state index contributed by atoms with van der Waals surface area (Å²) in [5, 5.41) is 6.06. The Labute approximate surface area is 137 Å². The maximum atomic E-state index is 12.2. The number of nitrogens with zero attached hydrogens (tertiary/aromatic N) is 1. The van der Waals surface area contributed by atoms with E-state index in [4.69, 9.17) is 0 Å². The molecule has 1 unspecified atom stereocenters. The van der Waals surface area contributed by atoms with Crippen molar-refractivity contribution in [2.45, 2.75) is 44.6 Å². The number of hydrogen-bond donors (Lipinski definition) is 2. The Kier molecular flexibility index (Phi) is 4.84. The van der Waals surface area contributed by atoms with E-state index in [0.717, 1.165) is 25.7 Å². The highest BCUT2D eigenvalue weighted by Gasteiger charge is 2.27. The summed E-state index contributed by atoms with van der Waals surface area (Å²) in [6.07, 6.45) is 7.65. The lowest BCUT2D eigenvalue weighted by Crippen LogP contribution is -2.25. The quantitative estimate of drug-likeness (QED) is 0.879. The molecule has 7 heteroatoms. The van der Waals surface area contributed by atoms with E-state index >= 15 is 0 Å². The molecule has 1 aromatic heterocycles. The fourth-order valence-corrected chi connectivity index (χ4v) is 4.95. The van der Waals surface area contributed by atoms with Crippen LogP contribution in [0.4, 0.5) is 11.5 Å². The van der Waals surface area contributed by atoms with Crippen molar-refractivity contribution in [1.29, 1.82) is 0 Å². The predicted octanol–water partition coefficient (Wildman–Crippen LogP) is 2.20. The van der Waals surface area contributed by atoms with Gasteiger partial charge in [0.2, 0.25) is 5.91 Å². The molecule has 0 spiro atoms. The van der Waals surface area contributed by atoms with Crippen LogP contribution < -0.4 is 10.6 Å². The minimum Gasteiger partial charge on any atom is -0.366 e. The normalized spacial score (nSPS) is 24.3. The Morgan fingerprint density at radius 3 is 2.52 bits per heavy atom. The number of rotatable bonds is 4. The van der Waals surface area contributed by atoms with Crippen molar-refractivity contribution in [2.75, 3.05) is 22.1 Å². The lowest BCUT2D eigenvalue weighted by Gasteiger charge is -2.20. The lowest BCUT2D eigenvalue weighted by atomic mass is 9.88. The summed E-state index contributed by atoms with van der Waals surface area (Å²) < 4.78 is 22.9. The van der Waals surface area contributed by atoms with Crippen LogP contribution in [0.25, 0.3) is 0 Å². The molecule has 0 bridgehead atoms. The molecule has 2 N–H and O–H groups in total. The van der Waals surface area contributed by atoms with Gasteiger partial charge in [-0.15, -0.1) is 0 Å². The third kappa shape index (κ3) is 4.43. The van der Waals surface area contributed by atoms with Gasteiger partial charge in [0.1, 0.15) is 5.82 Å². The highest BCUT2D eigenvalue weighted by molar-refractivity contribution is 7.91. The van der Waals surface area contributed by atoms with Gasteiger partial charge in [-0.05, 0) is 31.4 Å². The summed E-state index contributed by atoms with van der Waals surface area (Å²) >= 11 is 0. The molecular formula is C16H23N3O3S. The largest absolute Gasteiger partial charge is 0.366 e. The van der Waals surface area contributed by atoms with Crippen LogP contribution in [-0.4, -0.2) is 36.9 Å². The summed E-state index contributed by atoms with van der Waals surface area (Å²) in [5.74, 6) is 1.23. The molecule has 2 fully saturated rings. The summed E-state index contributed by atoms with van der Waals surface area (Å²) in [5.41, 5.74) is 0.685. The van der Waals surface area contributed by atoms with Crippen molar-refractivity contribution >= 4 is 27.2 Å². The molecule has 3 rings (SSSR count). The zero-order valence-corrected chi connectivity index (χ0v) is 13.9. The first-order valence-corrected chi connectivity index (χ1v) is 10.1. The fraction of sp³-hybridized carbons (Fsp3) is 0.625. The number of nitrogens with one attached hydrogen (secondary N) is 2. The molecule has 6 nitrogen and oxygen atoms in total. The molecule has 2 aliphatic rings. The summed E-state index contributed by atoms with van der Waals surface area (Å²) in [6, 6.07) is 3.51. The number of aromatic nitrogens is 1. The number of sulfone groups is 1. The van der Waals surface area contributed by atoms with Gasteiger partial charge in [0.25, 0.3) is 0 Å². The number of amides is 1. The standard InChI is InChI=1S/C16H23N3O3S/c20-16(12-4-2-1-3-5-12)19-13-6-7-15(17-10-13)18-14-8-9-23(21,22)11-14/h6-7,10,12,14H,1-5,8-9,11H2,(H,17,18)(H,19,20). The molecule has 0 aromatic carbocycles. The van der Waals surface area contributed by atoms with Crippen LogP contribution in [0.3, 0.4) is 0 Å². The van der Waals surface area contributed by atoms with Crippen molar-refractivity contribution in [3.8, 4) is 0 Å². The van der Waals surface area contributed by atoms with E-state index in [9.17, 15) is 13.2 Å². The highest BCUT2D eigenvalue weighted by Crippen LogP contribution is 2.25. The van der Waals surface area contributed by atoms with Gasteiger partial charge in [0.05, 0.1) is 23.4 Å². The Morgan fingerprint density at radius 1 is 1.13 bits per heavy atom. The van der Waals surface area contributed by atoms with Crippen molar-refractivity contribution in [3.05, 3.63) is 18.3 Å². The van der Waals surface area contributed by atoms with E-state index in [1.807, 2.05) is 0 Å². The van der Waals surface area contributed by atoms with Crippen LogP contribution in [0, 0.1) is 5.92 Å². The molecule has 1 saturated carbocycles. The first kappa shape index (κ1) is 16.2. The Balaban J connectivity index is 1.53. The second-order valence-electron chi connectivity index (χ2n) is 6.50. The van der Waals surface area contributed by atoms with Crippen molar-refractivity contribution < 1.29 is 13.2 Å². The Morgan fingerprint density at radius 2 is 1.91 bits per heavy atom. The fourth-order valence-electron chi connectivity index (χ4n) is 3.28. The average Bonchev–Trinajstić information content (AvgIpc) is 2.89. The molecular weight excluding hydrogens is 314 g/mol. The molecule has 23 heavy (non-hydrogen) atoms. The van der Waals surface area contributed by atoms with Crippen LogP contribution in [0.1, 0.15) is 38.5 Å². The van der Waals surface area contributed by atoms with E-state index in [2.05, 4.69) is 15.6 Å². The van der Waals surface area contributed by atoms with Gasteiger partial charge >= 0.3 is 0 Å². The lowest BCUT2D eigenvalue weighted by molar-refractivity contribution is -0.120. The first-order valence-electron chi connectivity index (χ1n) is 8.26. The molecule has 0 radical (unpaired) electrons. The topological polar surface area (TPSA) is 88.2 Å². The van der Waals surface area contributed by atoms with Crippen molar-refractivity contribution in [2.24, 2.45) is 5.92 Å². The number of pyridine rings is 1. The Hall–Kier alpha value is -1.63. The minimum atomic E-state index is -2.90. The molecule has 1 saturated heterocycles. The van der Waals surface area contributed by atoms with Gasteiger partial charge in [-0.2, -0.15) is 0 Å². The highest BCUT2D eigenvalue weighted by atomic mass is 32.2. The second kappa shape index (κ2) is 6.86. The van der Waals surface area contributed by atoms with Gasteiger partial charge in [-0.3, -0.25) is 4.79 Å². The molecule has 1 atom stereocenters. The number of hydrogen-bond acceptors (Lipinski definition) is 5. The molecule has 1 amide bonds. The molecule has 1 aromatic rings. The monoisotopic (exact) mass is 337 g/mol. The number of carbonyl (C=O) groups is 1. The molecule has 2 heterocycles. The molecule has 1 aliphatic heterocycles. The third-order valence-corrected chi connectivity index (χ3v) is 6.36. The minimum absolute atomic E-state index is 0.0739. The van der Waals surface area contributed by atoms with Gasteiger partial charge < -0.3 is 10.6 Å². The third-order valence-electron chi connectivity index (χ3n) is 4.59. The first-order chi connectivity index (χ1) is 11.0. The van der Waals surface area contributed by atoms with E-state index < -0.39 is 9.84 Å². The van der Waals surface area contributed by atoms with Crippen molar-refractivity contribution in [3.63, 3.8) is 0 Å². The second-order valence-corrected chi connectivity index (χ2v) is 8.73. The summed E-state index contributed by atoms with van der Waals surface area (Å²) in [6.45, 7) is 0. The average molecular weight is 337 g/mol. The van der Waals surface area contributed by atoms with Gasteiger partial charge in [-0.25, -0.2) is 13.4 Å². The zero-order chi connectivity index (χ0) is 16.3. The molecule has 126 valence electrons. The summed E-state index contributed by atoms with van der Waals surface area (Å²) in [7, 11) is -2.90.